The molecule has 0 spiro atoms. The Hall–Kier alpha value is -1.36. The molecular weight excluding hydrogens is 296 g/mol. The van der Waals surface area contributed by atoms with Crippen molar-refractivity contribution < 1.29 is 9.59 Å². The lowest BCUT2D eigenvalue weighted by molar-refractivity contribution is -0.118. The van der Waals surface area contributed by atoms with E-state index in [9.17, 15) is 9.59 Å². The van der Waals surface area contributed by atoms with E-state index in [1.54, 1.807) is 18.2 Å². The van der Waals surface area contributed by atoms with Crippen LogP contribution in [0.15, 0.2) is 22.7 Å². The van der Waals surface area contributed by atoms with Gasteiger partial charge in [-0.05, 0) is 30.5 Å². The van der Waals surface area contributed by atoms with E-state index in [2.05, 4.69) is 26.6 Å². The quantitative estimate of drug-likeness (QED) is 0.882. The van der Waals surface area contributed by atoms with Crippen molar-refractivity contribution in [2.24, 2.45) is 5.92 Å². The number of anilines is 1. The number of fused-ring (bicyclic) bond motifs is 1. The van der Waals surface area contributed by atoms with Gasteiger partial charge in [0, 0.05) is 4.47 Å². The zero-order valence-corrected chi connectivity index (χ0v) is 11.9. The summed E-state index contributed by atoms with van der Waals surface area (Å²) in [7, 11) is 0. The molecule has 18 heavy (non-hydrogen) atoms. The molecule has 0 saturated carbocycles. The molecule has 2 N–H and O–H groups in total. The summed E-state index contributed by atoms with van der Waals surface area (Å²) < 4.78 is 0.813. The second-order valence-electron chi connectivity index (χ2n) is 4.83. The van der Waals surface area contributed by atoms with Crippen LogP contribution in [0.1, 0.15) is 30.6 Å². The van der Waals surface area contributed by atoms with Gasteiger partial charge in [-0.1, -0.05) is 29.8 Å². The van der Waals surface area contributed by atoms with Crippen LogP contribution in [0.2, 0.25) is 0 Å². The predicted molar refractivity (Wildman–Crippen MR) is 73.5 cm³/mol. The van der Waals surface area contributed by atoms with Crippen molar-refractivity contribution in [2.45, 2.75) is 26.3 Å². The molecule has 1 atom stereocenters. The van der Waals surface area contributed by atoms with Crippen LogP contribution in [0.4, 0.5) is 5.69 Å². The molecule has 0 unspecified atom stereocenters. The fraction of sp³-hybridized carbons (Fsp3) is 0.385. The van der Waals surface area contributed by atoms with Crippen LogP contribution in [0, 0.1) is 5.92 Å². The Morgan fingerprint density at radius 2 is 2.06 bits per heavy atom. The maximum absolute atomic E-state index is 12.1. The Kier molecular flexibility index (Phi) is 3.71. The number of halogens is 1. The summed E-state index contributed by atoms with van der Waals surface area (Å²) in [6.45, 7) is 4.04. The average molecular weight is 311 g/mol. The van der Waals surface area contributed by atoms with Crippen molar-refractivity contribution in [1.29, 1.82) is 0 Å². The largest absolute Gasteiger partial charge is 0.340 e. The summed E-state index contributed by atoms with van der Waals surface area (Å²) in [6, 6.07) is 4.77. The third kappa shape index (κ3) is 2.72. The third-order valence-corrected chi connectivity index (χ3v) is 3.31. The van der Waals surface area contributed by atoms with E-state index in [0.29, 0.717) is 23.6 Å². The van der Waals surface area contributed by atoms with E-state index in [1.165, 1.54) is 0 Å². The van der Waals surface area contributed by atoms with E-state index in [0.717, 1.165) is 4.47 Å². The molecule has 96 valence electrons. The number of hydrogen-bond donors (Lipinski definition) is 2. The molecule has 2 amide bonds. The van der Waals surface area contributed by atoms with Gasteiger partial charge in [0.05, 0.1) is 11.3 Å². The first kappa shape index (κ1) is 13.1. The van der Waals surface area contributed by atoms with Crippen LogP contribution in [0.5, 0.6) is 0 Å². The maximum atomic E-state index is 12.1. The Morgan fingerprint density at radius 3 is 2.72 bits per heavy atom. The van der Waals surface area contributed by atoms with Crippen LogP contribution in [-0.2, 0) is 4.79 Å². The molecule has 0 aromatic heterocycles. The second-order valence-corrected chi connectivity index (χ2v) is 5.75. The number of amides is 2. The van der Waals surface area contributed by atoms with E-state index >= 15 is 0 Å². The standard InChI is InChI=1S/C13H15BrN2O2/c1-7(2)5-11-13(18)15-10-4-3-8(14)6-9(10)12(17)16-11/h3-4,6-7,11H,5H2,1-2H3,(H,15,18)(H,16,17)/t11-/m0/s1. The van der Waals surface area contributed by atoms with Gasteiger partial charge >= 0.3 is 0 Å². The fourth-order valence-electron chi connectivity index (χ4n) is 1.97. The first-order chi connectivity index (χ1) is 8.47. The molecule has 2 rings (SSSR count). The predicted octanol–water partition coefficient (Wildman–Crippen LogP) is 2.55. The zero-order chi connectivity index (χ0) is 13.3. The molecule has 1 aromatic carbocycles. The summed E-state index contributed by atoms with van der Waals surface area (Å²) in [5.74, 6) is -0.0255. The second kappa shape index (κ2) is 5.10. The van der Waals surface area contributed by atoms with Crippen LogP contribution >= 0.6 is 15.9 Å². The monoisotopic (exact) mass is 310 g/mol. The Morgan fingerprint density at radius 1 is 1.33 bits per heavy atom. The minimum absolute atomic E-state index is 0.155. The summed E-state index contributed by atoms with van der Waals surface area (Å²) in [5.41, 5.74) is 1.05. The molecule has 1 aliphatic heterocycles. The van der Waals surface area contributed by atoms with Crippen molar-refractivity contribution in [3.05, 3.63) is 28.2 Å². The normalized spacial score (nSPS) is 19.0. The summed E-state index contributed by atoms with van der Waals surface area (Å²) in [6.07, 6.45) is 0.632. The van der Waals surface area contributed by atoms with Gasteiger partial charge in [-0.25, -0.2) is 0 Å². The molecule has 0 radical (unpaired) electrons. The van der Waals surface area contributed by atoms with Gasteiger partial charge in [0.25, 0.3) is 5.91 Å². The number of rotatable bonds is 2. The van der Waals surface area contributed by atoms with Gasteiger partial charge in [0.15, 0.2) is 0 Å². The molecule has 0 aliphatic carbocycles. The highest BCUT2D eigenvalue weighted by molar-refractivity contribution is 9.10. The van der Waals surface area contributed by atoms with Gasteiger partial charge in [-0.2, -0.15) is 0 Å². The lowest BCUT2D eigenvalue weighted by Crippen LogP contribution is -2.41. The molecule has 0 bridgehead atoms. The minimum Gasteiger partial charge on any atom is -0.340 e. The molecular formula is C13H15BrN2O2. The molecule has 0 fully saturated rings. The summed E-state index contributed by atoms with van der Waals surface area (Å²) >= 11 is 3.32. The molecule has 1 heterocycles. The number of benzene rings is 1. The summed E-state index contributed by atoms with van der Waals surface area (Å²) in [4.78, 5) is 24.1. The molecule has 1 aliphatic rings. The molecule has 1 aromatic rings. The Labute approximate surface area is 114 Å². The average Bonchev–Trinajstić information content (AvgIpc) is 2.39. The minimum atomic E-state index is -0.469. The van der Waals surface area contributed by atoms with E-state index in [4.69, 9.17) is 0 Å². The van der Waals surface area contributed by atoms with Crippen LogP contribution in [0.25, 0.3) is 0 Å². The number of hydrogen-bond acceptors (Lipinski definition) is 2. The van der Waals surface area contributed by atoms with Gasteiger partial charge in [0.2, 0.25) is 5.91 Å². The van der Waals surface area contributed by atoms with Gasteiger partial charge in [-0.15, -0.1) is 0 Å². The highest BCUT2D eigenvalue weighted by Crippen LogP contribution is 2.24. The fourth-order valence-corrected chi connectivity index (χ4v) is 2.33. The first-order valence-electron chi connectivity index (χ1n) is 5.88. The highest BCUT2D eigenvalue weighted by Gasteiger charge is 2.28. The SMILES string of the molecule is CC(C)C[C@@H]1NC(=O)c2cc(Br)ccc2NC1=O. The van der Waals surface area contributed by atoms with Gasteiger partial charge in [-0.3, -0.25) is 9.59 Å². The smallest absolute Gasteiger partial charge is 0.254 e. The first-order valence-corrected chi connectivity index (χ1v) is 6.68. The van der Waals surface area contributed by atoms with Crippen LogP contribution < -0.4 is 10.6 Å². The molecule has 0 saturated heterocycles. The van der Waals surface area contributed by atoms with Crippen LogP contribution in [0.3, 0.4) is 0 Å². The number of nitrogens with one attached hydrogen (secondary N) is 2. The van der Waals surface area contributed by atoms with E-state index < -0.39 is 6.04 Å². The lowest BCUT2D eigenvalue weighted by atomic mass is 10.0. The maximum Gasteiger partial charge on any atom is 0.254 e. The summed E-state index contributed by atoms with van der Waals surface area (Å²) in [5, 5.41) is 5.56. The third-order valence-electron chi connectivity index (χ3n) is 2.81. The van der Waals surface area contributed by atoms with Crippen molar-refractivity contribution in [3.63, 3.8) is 0 Å². The van der Waals surface area contributed by atoms with Crippen molar-refractivity contribution >= 4 is 33.4 Å². The van der Waals surface area contributed by atoms with E-state index in [1.807, 2.05) is 13.8 Å². The van der Waals surface area contributed by atoms with Crippen LogP contribution in [-0.4, -0.2) is 17.9 Å². The Bertz CT molecular complexity index is 500. The van der Waals surface area contributed by atoms with Crippen molar-refractivity contribution in [1.82, 2.24) is 5.32 Å². The molecule has 5 heteroatoms. The number of carbonyl (C=O) groups excluding carboxylic acids is 2. The van der Waals surface area contributed by atoms with Crippen molar-refractivity contribution in [3.8, 4) is 0 Å². The topological polar surface area (TPSA) is 58.2 Å². The Balaban J connectivity index is 2.32. The van der Waals surface area contributed by atoms with Gasteiger partial charge in [0.1, 0.15) is 6.04 Å². The zero-order valence-electron chi connectivity index (χ0n) is 10.3. The highest BCUT2D eigenvalue weighted by atomic mass is 79.9. The van der Waals surface area contributed by atoms with Gasteiger partial charge < -0.3 is 10.6 Å². The molecule has 4 nitrogen and oxygen atoms in total. The van der Waals surface area contributed by atoms with E-state index in [-0.39, 0.29) is 11.8 Å². The lowest BCUT2D eigenvalue weighted by Gasteiger charge is -2.16. The van der Waals surface area contributed by atoms with Crippen molar-refractivity contribution in [2.75, 3.05) is 5.32 Å². The number of carbonyl (C=O) groups is 2.